The molecule has 1 N–H and O–H groups in total. The number of piperidine rings is 1. The summed E-state index contributed by atoms with van der Waals surface area (Å²) in [6.45, 7) is 3.06. The first kappa shape index (κ1) is 13.2. The van der Waals surface area contributed by atoms with Crippen molar-refractivity contribution in [3.63, 3.8) is 0 Å². The van der Waals surface area contributed by atoms with E-state index < -0.39 is 0 Å². The van der Waals surface area contributed by atoms with Crippen LogP contribution in [0.4, 0.5) is 0 Å². The SMILES string of the molecule is c1cnc2c(c1)nc(CC1CCCO1)n2C1CCNCC1. The highest BCUT2D eigenvalue weighted by atomic mass is 16.5. The van der Waals surface area contributed by atoms with Crippen LogP contribution in [0.5, 0.6) is 0 Å². The molecule has 2 aromatic heterocycles. The van der Waals surface area contributed by atoms with Crippen LogP contribution in [0.2, 0.25) is 0 Å². The summed E-state index contributed by atoms with van der Waals surface area (Å²) in [5.74, 6) is 1.16. The van der Waals surface area contributed by atoms with E-state index in [9.17, 15) is 0 Å². The van der Waals surface area contributed by atoms with Crippen LogP contribution in [0, 0.1) is 0 Å². The van der Waals surface area contributed by atoms with Crippen LogP contribution < -0.4 is 5.32 Å². The van der Waals surface area contributed by atoms with Gasteiger partial charge in [-0.1, -0.05) is 0 Å². The van der Waals surface area contributed by atoms with Crippen molar-refractivity contribution in [1.82, 2.24) is 19.9 Å². The zero-order chi connectivity index (χ0) is 14.1. The minimum absolute atomic E-state index is 0.335. The maximum atomic E-state index is 5.81. The van der Waals surface area contributed by atoms with Crippen LogP contribution in [-0.4, -0.2) is 40.3 Å². The number of ether oxygens (including phenoxy) is 1. The van der Waals surface area contributed by atoms with Gasteiger partial charge in [-0.25, -0.2) is 9.97 Å². The van der Waals surface area contributed by atoms with E-state index >= 15 is 0 Å². The molecule has 5 heteroatoms. The molecule has 0 spiro atoms. The molecule has 2 aliphatic heterocycles. The summed E-state index contributed by atoms with van der Waals surface area (Å²) in [5.41, 5.74) is 2.06. The third-order valence-electron chi connectivity index (χ3n) is 4.63. The number of rotatable bonds is 3. The third-order valence-corrected chi connectivity index (χ3v) is 4.63. The summed E-state index contributed by atoms with van der Waals surface area (Å²) >= 11 is 0. The summed E-state index contributed by atoms with van der Waals surface area (Å²) < 4.78 is 8.20. The standard InChI is InChI=1S/C16H22N4O/c1-4-14-16(18-7-1)20(12-5-8-17-9-6-12)15(19-14)11-13-3-2-10-21-13/h1,4,7,12-13,17H,2-3,5-6,8-11H2. The number of nitrogens with one attached hydrogen (secondary N) is 1. The van der Waals surface area contributed by atoms with Crippen LogP contribution in [0.1, 0.15) is 37.5 Å². The fourth-order valence-electron chi connectivity index (χ4n) is 3.58. The molecule has 2 fully saturated rings. The highest BCUT2D eigenvalue weighted by Gasteiger charge is 2.25. The van der Waals surface area contributed by atoms with Crippen LogP contribution >= 0.6 is 0 Å². The van der Waals surface area contributed by atoms with Crippen molar-refractivity contribution in [2.24, 2.45) is 0 Å². The predicted molar refractivity (Wildman–Crippen MR) is 81.3 cm³/mol. The Kier molecular flexibility index (Phi) is 3.61. The van der Waals surface area contributed by atoms with Crippen molar-refractivity contribution < 1.29 is 4.74 Å². The van der Waals surface area contributed by atoms with E-state index in [0.29, 0.717) is 12.1 Å². The monoisotopic (exact) mass is 286 g/mol. The number of imidazole rings is 1. The van der Waals surface area contributed by atoms with Gasteiger partial charge in [-0.3, -0.25) is 0 Å². The average Bonchev–Trinajstić information content (AvgIpc) is 3.15. The van der Waals surface area contributed by atoms with Crippen molar-refractivity contribution >= 4 is 11.2 Å². The van der Waals surface area contributed by atoms with Crippen molar-refractivity contribution in [2.45, 2.75) is 44.2 Å². The fraction of sp³-hybridized carbons (Fsp3) is 0.625. The summed E-state index contributed by atoms with van der Waals surface area (Å²) in [7, 11) is 0. The predicted octanol–water partition coefficient (Wildman–Crippen LogP) is 2.08. The molecule has 2 saturated heterocycles. The summed E-state index contributed by atoms with van der Waals surface area (Å²) in [5, 5.41) is 3.44. The molecule has 2 aliphatic rings. The van der Waals surface area contributed by atoms with Gasteiger partial charge in [0.1, 0.15) is 11.3 Å². The Bertz CT molecular complexity index is 612. The number of hydrogen-bond donors (Lipinski definition) is 1. The molecule has 2 aromatic rings. The number of fused-ring (bicyclic) bond motifs is 1. The molecular formula is C16H22N4O. The van der Waals surface area contributed by atoms with Gasteiger partial charge >= 0.3 is 0 Å². The first-order valence-corrected chi connectivity index (χ1v) is 8.06. The highest BCUT2D eigenvalue weighted by Crippen LogP contribution is 2.27. The van der Waals surface area contributed by atoms with E-state index in [0.717, 1.165) is 62.4 Å². The smallest absolute Gasteiger partial charge is 0.160 e. The molecule has 0 aromatic carbocycles. The number of nitrogens with zero attached hydrogens (tertiary/aromatic N) is 3. The van der Waals surface area contributed by atoms with Crippen molar-refractivity contribution in [3.8, 4) is 0 Å². The molecule has 0 bridgehead atoms. The maximum Gasteiger partial charge on any atom is 0.160 e. The lowest BCUT2D eigenvalue weighted by atomic mass is 10.1. The van der Waals surface area contributed by atoms with Gasteiger partial charge in [-0.15, -0.1) is 0 Å². The Morgan fingerprint density at radius 3 is 3.00 bits per heavy atom. The normalized spacial score (nSPS) is 23.9. The van der Waals surface area contributed by atoms with E-state index in [2.05, 4.69) is 20.9 Å². The Hall–Kier alpha value is -1.46. The van der Waals surface area contributed by atoms with Crippen molar-refractivity contribution in [1.29, 1.82) is 0 Å². The van der Waals surface area contributed by atoms with Gasteiger partial charge in [0.15, 0.2) is 5.65 Å². The minimum atomic E-state index is 0.335. The summed E-state index contributed by atoms with van der Waals surface area (Å²) in [4.78, 5) is 9.44. The lowest BCUT2D eigenvalue weighted by Crippen LogP contribution is -2.30. The van der Waals surface area contributed by atoms with Crippen LogP contribution in [0.25, 0.3) is 11.2 Å². The topological polar surface area (TPSA) is 52.0 Å². The molecule has 0 amide bonds. The molecule has 4 heterocycles. The molecule has 0 radical (unpaired) electrons. The molecule has 1 atom stereocenters. The Labute approximate surface area is 124 Å². The molecule has 112 valence electrons. The Morgan fingerprint density at radius 2 is 2.19 bits per heavy atom. The average molecular weight is 286 g/mol. The third kappa shape index (κ3) is 2.56. The first-order chi connectivity index (χ1) is 10.4. The van der Waals surface area contributed by atoms with Crippen molar-refractivity contribution in [3.05, 3.63) is 24.2 Å². The zero-order valence-corrected chi connectivity index (χ0v) is 12.3. The van der Waals surface area contributed by atoms with Gasteiger partial charge in [-0.2, -0.15) is 0 Å². The number of aromatic nitrogens is 3. The fourth-order valence-corrected chi connectivity index (χ4v) is 3.58. The molecule has 5 nitrogen and oxygen atoms in total. The number of hydrogen-bond acceptors (Lipinski definition) is 4. The van der Waals surface area contributed by atoms with Gasteiger partial charge in [0.25, 0.3) is 0 Å². The second-order valence-electron chi connectivity index (χ2n) is 6.06. The maximum absolute atomic E-state index is 5.81. The van der Waals surface area contributed by atoms with E-state index in [-0.39, 0.29) is 0 Å². The van der Waals surface area contributed by atoms with Crippen LogP contribution in [0.15, 0.2) is 18.3 Å². The van der Waals surface area contributed by atoms with E-state index in [4.69, 9.17) is 9.72 Å². The van der Waals surface area contributed by atoms with Gasteiger partial charge in [0.2, 0.25) is 0 Å². The second kappa shape index (κ2) is 5.73. The van der Waals surface area contributed by atoms with Gasteiger partial charge in [0.05, 0.1) is 6.10 Å². The Balaban J connectivity index is 1.72. The van der Waals surface area contributed by atoms with Gasteiger partial charge < -0.3 is 14.6 Å². The highest BCUT2D eigenvalue weighted by molar-refractivity contribution is 5.71. The summed E-state index contributed by atoms with van der Waals surface area (Å²) in [6, 6.07) is 4.55. The van der Waals surface area contributed by atoms with Gasteiger partial charge in [0, 0.05) is 25.3 Å². The first-order valence-electron chi connectivity index (χ1n) is 8.06. The van der Waals surface area contributed by atoms with E-state index in [1.54, 1.807) is 0 Å². The minimum Gasteiger partial charge on any atom is -0.378 e. The molecule has 21 heavy (non-hydrogen) atoms. The van der Waals surface area contributed by atoms with Gasteiger partial charge in [-0.05, 0) is 50.9 Å². The Morgan fingerprint density at radius 1 is 1.29 bits per heavy atom. The summed E-state index contributed by atoms with van der Waals surface area (Å²) in [6.07, 6.45) is 7.76. The van der Waals surface area contributed by atoms with Crippen LogP contribution in [-0.2, 0) is 11.2 Å². The van der Waals surface area contributed by atoms with Crippen LogP contribution in [0.3, 0.4) is 0 Å². The molecular weight excluding hydrogens is 264 g/mol. The molecule has 0 aliphatic carbocycles. The molecule has 1 unspecified atom stereocenters. The van der Waals surface area contributed by atoms with E-state index in [1.807, 2.05) is 12.3 Å². The largest absolute Gasteiger partial charge is 0.378 e. The molecule has 4 rings (SSSR count). The second-order valence-corrected chi connectivity index (χ2v) is 6.06. The lowest BCUT2D eigenvalue weighted by Gasteiger charge is -2.26. The number of pyridine rings is 1. The quantitative estimate of drug-likeness (QED) is 0.938. The molecule has 0 saturated carbocycles. The van der Waals surface area contributed by atoms with E-state index in [1.165, 1.54) is 6.42 Å². The zero-order valence-electron chi connectivity index (χ0n) is 12.3. The van der Waals surface area contributed by atoms with Crippen molar-refractivity contribution in [2.75, 3.05) is 19.7 Å². The lowest BCUT2D eigenvalue weighted by molar-refractivity contribution is 0.108.